The predicted molar refractivity (Wildman–Crippen MR) is 97.5 cm³/mol. The highest BCUT2D eigenvalue weighted by atomic mass is 19.1. The van der Waals surface area contributed by atoms with Crippen molar-refractivity contribution in [1.82, 2.24) is 0 Å². The molecule has 1 aromatic carbocycles. The third-order valence-electron chi connectivity index (χ3n) is 6.08. The Bertz CT molecular complexity index is 671. The predicted octanol–water partition coefficient (Wildman–Crippen LogP) is 5.58. The number of hydrogen-bond acceptors (Lipinski definition) is 3. The Morgan fingerprint density at radius 2 is 1.65 bits per heavy atom. The zero-order chi connectivity index (χ0) is 18.9. The molecule has 0 aliphatic heterocycles. The molecule has 0 bridgehead atoms. The molecule has 1 aromatic rings. The third kappa shape index (κ3) is 3.67. The van der Waals surface area contributed by atoms with Gasteiger partial charge >= 0.3 is 5.97 Å². The summed E-state index contributed by atoms with van der Waals surface area (Å²) in [6, 6.07) is 2.45. The first-order valence-corrected chi connectivity index (χ1v) is 9.70. The van der Waals surface area contributed by atoms with Crippen LogP contribution in [-0.4, -0.2) is 22.3 Å². The molecule has 1 N–H and O–H groups in total. The molecule has 4 nitrogen and oxygen atoms in total. The molecule has 0 spiro atoms. The molecule has 0 radical (unpaired) electrons. The Morgan fingerprint density at radius 1 is 1.08 bits per heavy atom. The van der Waals surface area contributed by atoms with Crippen molar-refractivity contribution < 1.29 is 23.8 Å². The molecular weight excluding hydrogens is 335 g/mol. The lowest BCUT2D eigenvalue weighted by Gasteiger charge is -2.36. The minimum Gasteiger partial charge on any atom is -0.483 e. The second-order valence-electron chi connectivity index (χ2n) is 8.38. The van der Waals surface area contributed by atoms with Gasteiger partial charge in [0.25, 0.3) is 0 Å². The van der Waals surface area contributed by atoms with Gasteiger partial charge in [0.2, 0.25) is 0 Å². The summed E-state index contributed by atoms with van der Waals surface area (Å²) < 4.78 is 27.3. The Balaban J connectivity index is 2.01. The van der Waals surface area contributed by atoms with E-state index in [1.165, 1.54) is 6.07 Å². The van der Waals surface area contributed by atoms with Crippen molar-refractivity contribution in [2.75, 3.05) is 0 Å². The average Bonchev–Trinajstić information content (AvgIpc) is 3.21. The first-order chi connectivity index (χ1) is 12.2. The van der Waals surface area contributed by atoms with E-state index in [0.29, 0.717) is 0 Å². The van der Waals surface area contributed by atoms with E-state index in [1.807, 2.05) is 6.92 Å². The maximum Gasteiger partial charge on any atom is 0.335 e. The number of carbonyl (C=O) groups is 1. The summed E-state index contributed by atoms with van der Waals surface area (Å²) in [5.41, 5.74) is -0.930. The molecule has 144 valence electrons. The monoisotopic (exact) mass is 364 g/mol. The smallest absolute Gasteiger partial charge is 0.335 e. The van der Waals surface area contributed by atoms with Crippen LogP contribution in [-0.2, 0) is 0 Å². The molecule has 0 saturated heterocycles. The van der Waals surface area contributed by atoms with Crippen LogP contribution < -0.4 is 9.47 Å². The van der Waals surface area contributed by atoms with E-state index in [4.69, 9.17) is 9.47 Å². The quantitative estimate of drug-likeness (QED) is 0.715. The van der Waals surface area contributed by atoms with E-state index in [9.17, 15) is 14.3 Å². The summed E-state index contributed by atoms with van der Waals surface area (Å²) in [7, 11) is 0. The number of carboxylic acids is 1. The highest BCUT2D eigenvalue weighted by Gasteiger charge is 2.41. The van der Waals surface area contributed by atoms with E-state index in [0.717, 1.165) is 57.4 Å². The van der Waals surface area contributed by atoms with Crippen LogP contribution in [0.1, 0.15) is 82.5 Å². The van der Waals surface area contributed by atoms with Gasteiger partial charge in [-0.3, -0.25) is 0 Å². The average molecular weight is 364 g/mol. The Hall–Kier alpha value is -1.78. The van der Waals surface area contributed by atoms with Crippen molar-refractivity contribution in [1.29, 1.82) is 0 Å². The van der Waals surface area contributed by atoms with Gasteiger partial charge in [0, 0.05) is 0 Å². The molecule has 26 heavy (non-hydrogen) atoms. The highest BCUT2D eigenvalue weighted by Crippen LogP contribution is 2.45. The van der Waals surface area contributed by atoms with Crippen molar-refractivity contribution in [3.05, 3.63) is 23.5 Å². The molecule has 3 rings (SSSR count). The molecule has 0 atom stereocenters. The van der Waals surface area contributed by atoms with Crippen LogP contribution in [0, 0.1) is 11.7 Å². The van der Waals surface area contributed by atoms with Crippen molar-refractivity contribution in [2.24, 2.45) is 5.92 Å². The zero-order valence-corrected chi connectivity index (χ0v) is 15.9. The second-order valence-corrected chi connectivity index (χ2v) is 8.38. The molecule has 0 aromatic heterocycles. The van der Waals surface area contributed by atoms with E-state index >= 15 is 0 Å². The van der Waals surface area contributed by atoms with Crippen LogP contribution in [0.3, 0.4) is 0 Å². The second kappa shape index (κ2) is 7.09. The minimum absolute atomic E-state index is 0.0614. The summed E-state index contributed by atoms with van der Waals surface area (Å²) in [5, 5.41) is 9.33. The number of halogens is 1. The van der Waals surface area contributed by atoms with Gasteiger partial charge in [0.1, 0.15) is 11.2 Å². The summed E-state index contributed by atoms with van der Waals surface area (Å²) in [5.74, 6) is -1.30. The fourth-order valence-electron chi connectivity index (χ4n) is 4.33. The van der Waals surface area contributed by atoms with Crippen LogP contribution in [0.4, 0.5) is 4.39 Å². The molecule has 2 aliphatic rings. The number of benzene rings is 1. The lowest BCUT2D eigenvalue weighted by molar-refractivity contribution is 0.0174. The largest absolute Gasteiger partial charge is 0.483 e. The summed E-state index contributed by atoms with van der Waals surface area (Å²) >= 11 is 0. The van der Waals surface area contributed by atoms with Crippen molar-refractivity contribution in [3.8, 4) is 11.5 Å². The number of hydrogen-bond donors (Lipinski definition) is 1. The lowest BCUT2D eigenvalue weighted by Crippen LogP contribution is -2.39. The van der Waals surface area contributed by atoms with Crippen molar-refractivity contribution >= 4 is 5.97 Å². The molecule has 0 heterocycles. The van der Waals surface area contributed by atoms with Gasteiger partial charge in [-0.05, 0) is 76.3 Å². The number of carboxylic acid groups (broad SMARTS) is 1. The van der Waals surface area contributed by atoms with Crippen LogP contribution in [0.5, 0.6) is 11.5 Å². The number of ether oxygens (including phenoxy) is 2. The van der Waals surface area contributed by atoms with E-state index in [-0.39, 0.29) is 23.0 Å². The maximum atomic E-state index is 14.8. The zero-order valence-electron chi connectivity index (χ0n) is 15.9. The van der Waals surface area contributed by atoms with E-state index in [2.05, 4.69) is 13.8 Å². The molecule has 2 aliphatic carbocycles. The summed E-state index contributed by atoms with van der Waals surface area (Å²) in [6.45, 7) is 6.19. The van der Waals surface area contributed by atoms with E-state index in [1.54, 1.807) is 0 Å². The van der Waals surface area contributed by atoms with Gasteiger partial charge in [0.05, 0.1) is 5.56 Å². The molecule has 0 unspecified atom stereocenters. The summed E-state index contributed by atoms with van der Waals surface area (Å²) in [4.78, 5) is 11.4. The van der Waals surface area contributed by atoms with Crippen molar-refractivity contribution in [3.63, 3.8) is 0 Å². The fraction of sp³-hybridized carbons (Fsp3) is 0.667. The maximum absolute atomic E-state index is 14.8. The molecule has 2 fully saturated rings. The van der Waals surface area contributed by atoms with Crippen molar-refractivity contribution in [2.45, 2.75) is 83.3 Å². The van der Waals surface area contributed by atoms with Gasteiger partial charge in [-0.25, -0.2) is 9.18 Å². The topological polar surface area (TPSA) is 55.8 Å². The van der Waals surface area contributed by atoms with E-state index < -0.39 is 23.0 Å². The minimum atomic E-state index is -1.17. The molecule has 2 saturated carbocycles. The normalized spacial score (nSPS) is 21.1. The van der Waals surface area contributed by atoms with Gasteiger partial charge < -0.3 is 14.6 Å². The summed E-state index contributed by atoms with van der Waals surface area (Å²) in [6.07, 6.45) is 7.74. The van der Waals surface area contributed by atoms with Crippen LogP contribution >= 0.6 is 0 Å². The highest BCUT2D eigenvalue weighted by molar-refractivity contribution is 5.88. The van der Waals surface area contributed by atoms with Crippen LogP contribution in [0.2, 0.25) is 0 Å². The molecule has 5 heteroatoms. The van der Waals surface area contributed by atoms with Gasteiger partial charge in [-0.1, -0.05) is 13.8 Å². The van der Waals surface area contributed by atoms with Crippen LogP contribution in [0.15, 0.2) is 12.1 Å². The Kier molecular flexibility index (Phi) is 5.18. The van der Waals surface area contributed by atoms with Gasteiger partial charge in [0.15, 0.2) is 17.3 Å². The third-order valence-corrected chi connectivity index (χ3v) is 6.08. The number of rotatable bonds is 6. The first kappa shape index (κ1) is 19.0. The lowest BCUT2D eigenvalue weighted by atomic mass is 9.88. The fourth-order valence-corrected chi connectivity index (χ4v) is 4.33. The number of aromatic carboxylic acids is 1. The Morgan fingerprint density at radius 3 is 2.19 bits per heavy atom. The van der Waals surface area contributed by atoms with Gasteiger partial charge in [-0.2, -0.15) is 0 Å². The van der Waals surface area contributed by atoms with Gasteiger partial charge in [-0.15, -0.1) is 0 Å². The first-order valence-electron chi connectivity index (χ1n) is 9.70. The van der Waals surface area contributed by atoms with Crippen LogP contribution in [0.25, 0.3) is 0 Å². The molecule has 0 amide bonds. The standard InChI is InChI=1S/C21H29FO4/c1-14(2)21(10-6-7-11-21)25-17-13-15(19(23)24)12-16(22)18(17)26-20(3)8-4-5-9-20/h12-14H,4-11H2,1-3H3,(H,23,24). The Labute approximate surface area is 154 Å². The SMILES string of the molecule is CC(C)C1(Oc2cc(C(=O)O)cc(F)c2OC2(C)CCCC2)CCCC1. The molecular formula is C21H29FO4.